The second-order valence-electron chi connectivity index (χ2n) is 11.8. The van der Waals surface area contributed by atoms with Gasteiger partial charge in [0.15, 0.2) is 0 Å². The lowest BCUT2D eigenvalue weighted by molar-refractivity contribution is -0.384. The van der Waals surface area contributed by atoms with Crippen LogP contribution in [-0.4, -0.2) is 96.7 Å². The van der Waals surface area contributed by atoms with Crippen molar-refractivity contribution in [3.05, 3.63) is 76.4 Å². The van der Waals surface area contributed by atoms with Crippen molar-refractivity contribution >= 4 is 53.3 Å². The summed E-state index contributed by atoms with van der Waals surface area (Å²) in [4.78, 5) is 96.7. The molecule has 54 heavy (non-hydrogen) atoms. The van der Waals surface area contributed by atoms with Crippen molar-refractivity contribution in [2.24, 2.45) is 11.7 Å². The molecule has 0 radical (unpaired) electrons. The van der Waals surface area contributed by atoms with Crippen LogP contribution in [0.4, 0.5) is 25.8 Å². The summed E-state index contributed by atoms with van der Waals surface area (Å²) in [6.45, 7) is 3.13. The van der Waals surface area contributed by atoms with Gasteiger partial charge in [0, 0.05) is 36.5 Å². The van der Waals surface area contributed by atoms with Gasteiger partial charge in [-0.25, -0.2) is 14.4 Å². The summed E-state index contributed by atoms with van der Waals surface area (Å²) in [6, 6.07) is 8.09. The Morgan fingerprint density at radius 1 is 0.870 bits per heavy atom. The van der Waals surface area contributed by atoms with E-state index in [0.717, 1.165) is 17.1 Å². The number of anilines is 1. The molecule has 6 N–H and O–H groups in total. The zero-order valence-corrected chi connectivity index (χ0v) is 29.4. The van der Waals surface area contributed by atoms with Crippen LogP contribution in [0.5, 0.6) is 5.75 Å². The highest BCUT2D eigenvalue weighted by atomic mass is 16.7. The number of primary amides is 1. The van der Waals surface area contributed by atoms with Crippen molar-refractivity contribution in [2.45, 2.75) is 45.4 Å². The first-order valence-electron chi connectivity index (χ1n) is 16.6. The first kappa shape index (κ1) is 41.8. The highest BCUT2D eigenvalue weighted by Gasteiger charge is 2.29. The van der Waals surface area contributed by atoms with E-state index in [1.54, 1.807) is 26.0 Å². The average molecular weight is 756 g/mol. The Kier molecular flexibility index (Phi) is 16.3. The molecule has 0 bridgehead atoms. The van der Waals surface area contributed by atoms with Gasteiger partial charge < -0.3 is 45.9 Å². The number of nitro groups is 1. The number of nitrogens with zero attached hydrogens (tertiary/aromatic N) is 2. The number of amides is 7. The monoisotopic (exact) mass is 755 g/mol. The second-order valence-corrected chi connectivity index (χ2v) is 11.8. The molecule has 0 saturated carbocycles. The Bertz CT molecular complexity index is 1680. The molecule has 0 fully saturated rings. The Labute approximate surface area is 308 Å². The molecule has 20 heteroatoms. The molecular formula is C34H41N7O13. The molecule has 0 aromatic heterocycles. The number of nitro benzene ring substituents is 1. The molecule has 2 aromatic carbocycles. The van der Waals surface area contributed by atoms with Crippen molar-refractivity contribution < 1.29 is 57.4 Å². The highest BCUT2D eigenvalue weighted by Crippen LogP contribution is 2.18. The molecule has 1 heterocycles. The smallest absolute Gasteiger partial charge is 0.447 e. The predicted molar refractivity (Wildman–Crippen MR) is 188 cm³/mol. The molecule has 2 atom stereocenters. The van der Waals surface area contributed by atoms with E-state index in [1.807, 2.05) is 0 Å². The largest absolute Gasteiger partial charge is 0.514 e. The van der Waals surface area contributed by atoms with Gasteiger partial charge in [0.1, 0.15) is 31.0 Å². The second kappa shape index (κ2) is 21.1. The van der Waals surface area contributed by atoms with Crippen molar-refractivity contribution in [1.82, 2.24) is 20.9 Å². The number of carbonyl (C=O) groups is 7. The van der Waals surface area contributed by atoms with Crippen molar-refractivity contribution in [1.29, 1.82) is 0 Å². The molecule has 20 nitrogen and oxygen atoms in total. The van der Waals surface area contributed by atoms with E-state index < -0.39 is 64.8 Å². The number of nitrogens with one attached hydrogen (secondary N) is 4. The molecular weight excluding hydrogens is 714 g/mol. The van der Waals surface area contributed by atoms with Gasteiger partial charge in [0.2, 0.25) is 11.8 Å². The first-order chi connectivity index (χ1) is 25.7. The van der Waals surface area contributed by atoms with Gasteiger partial charge in [-0.3, -0.25) is 34.2 Å². The summed E-state index contributed by atoms with van der Waals surface area (Å²) >= 11 is 0. The molecule has 3 rings (SSSR count). The number of non-ortho nitro benzene ring substituents is 1. The number of benzene rings is 2. The zero-order valence-electron chi connectivity index (χ0n) is 29.4. The van der Waals surface area contributed by atoms with E-state index in [9.17, 15) is 43.7 Å². The summed E-state index contributed by atoms with van der Waals surface area (Å²) in [5.41, 5.74) is 5.83. The molecule has 0 spiro atoms. The molecule has 1 unspecified atom stereocenters. The van der Waals surface area contributed by atoms with Crippen LogP contribution >= 0.6 is 0 Å². The fourth-order valence-corrected chi connectivity index (χ4v) is 4.67. The van der Waals surface area contributed by atoms with Crippen molar-refractivity contribution in [3.8, 4) is 5.75 Å². The predicted octanol–water partition coefficient (Wildman–Crippen LogP) is 1.87. The summed E-state index contributed by atoms with van der Waals surface area (Å²) < 4.78 is 20.5. The number of carbonyl (C=O) groups excluding carboxylic acids is 7. The van der Waals surface area contributed by atoms with Gasteiger partial charge in [0.05, 0.1) is 24.7 Å². The molecule has 2 aromatic rings. The van der Waals surface area contributed by atoms with Crippen LogP contribution in [0, 0.1) is 16.0 Å². The zero-order chi connectivity index (χ0) is 39.6. The number of hydrogen-bond donors (Lipinski definition) is 5. The first-order valence-corrected chi connectivity index (χ1v) is 16.6. The molecule has 0 saturated heterocycles. The molecule has 7 amide bonds. The summed E-state index contributed by atoms with van der Waals surface area (Å²) in [5.74, 6) is -2.54. The number of hydrogen-bond acceptors (Lipinski definition) is 13. The van der Waals surface area contributed by atoms with E-state index in [4.69, 9.17) is 24.7 Å². The number of imide groups is 1. The summed E-state index contributed by atoms with van der Waals surface area (Å²) in [7, 11) is 0. The lowest BCUT2D eigenvalue weighted by Gasteiger charge is -2.25. The number of ether oxygens (including phenoxy) is 4. The lowest BCUT2D eigenvalue weighted by atomic mass is 10.0. The van der Waals surface area contributed by atoms with Gasteiger partial charge in [-0.15, -0.1) is 0 Å². The van der Waals surface area contributed by atoms with Crippen LogP contribution in [0.3, 0.4) is 0 Å². The standard InChI is InChI=1S/C34H41N7O13/c1-21(2)29(39-33(47)52-19-18-51-17-16-40-27(42)13-14-28(40)43)31(45)38-26(4-3-15-36-32(35)46)30(44)37-23-7-5-22(6-8-23)20-53-34(48)54-25-11-9-24(10-12-25)41(49)50/h5-14,21,26,29H,3-4,15-20H2,1-2H3,(H,37,44)(H,38,45)(H,39,47)(H3,35,36,46)/t26?,29-/m0/s1. The van der Waals surface area contributed by atoms with E-state index in [0.29, 0.717) is 11.3 Å². The van der Waals surface area contributed by atoms with Crippen LogP contribution in [-0.2, 0) is 40.0 Å². The fourth-order valence-electron chi connectivity index (χ4n) is 4.67. The van der Waals surface area contributed by atoms with Gasteiger partial charge in [-0.05, 0) is 48.6 Å². The third-order valence-corrected chi connectivity index (χ3v) is 7.47. The third kappa shape index (κ3) is 14.2. The number of alkyl carbamates (subject to hydrolysis) is 1. The minimum atomic E-state index is -1.11. The molecule has 0 aliphatic carbocycles. The highest BCUT2D eigenvalue weighted by molar-refractivity contribution is 6.12. The SMILES string of the molecule is CC(C)[C@H](NC(=O)OCCOCCN1C(=O)C=CC1=O)C(=O)NC(CCCNC(N)=O)C(=O)Nc1ccc(COC(=O)Oc2ccc([N+](=O)[O-])cc2)cc1. The van der Waals surface area contributed by atoms with Crippen LogP contribution in [0.25, 0.3) is 0 Å². The Balaban J connectivity index is 1.50. The van der Waals surface area contributed by atoms with Gasteiger partial charge >= 0.3 is 18.3 Å². The van der Waals surface area contributed by atoms with Gasteiger partial charge in [-0.2, -0.15) is 0 Å². The van der Waals surface area contributed by atoms with Crippen LogP contribution in [0.1, 0.15) is 32.3 Å². The third-order valence-electron chi connectivity index (χ3n) is 7.47. The normalized spacial score (nSPS) is 13.1. The minimum absolute atomic E-state index is 0.0301. The maximum Gasteiger partial charge on any atom is 0.514 e. The number of rotatable bonds is 20. The van der Waals surface area contributed by atoms with E-state index >= 15 is 0 Å². The quantitative estimate of drug-likeness (QED) is 0.0323. The minimum Gasteiger partial charge on any atom is -0.447 e. The van der Waals surface area contributed by atoms with Crippen molar-refractivity contribution in [3.63, 3.8) is 0 Å². The molecule has 1 aliphatic rings. The van der Waals surface area contributed by atoms with Crippen LogP contribution in [0.2, 0.25) is 0 Å². The van der Waals surface area contributed by atoms with Crippen LogP contribution < -0.4 is 31.7 Å². The summed E-state index contributed by atoms with van der Waals surface area (Å²) in [5, 5.41) is 21.0. The van der Waals surface area contributed by atoms with E-state index in [1.165, 1.54) is 36.4 Å². The van der Waals surface area contributed by atoms with Gasteiger partial charge in [-0.1, -0.05) is 26.0 Å². The molecule has 290 valence electrons. The number of urea groups is 1. The van der Waals surface area contributed by atoms with Crippen molar-refractivity contribution in [2.75, 3.05) is 38.2 Å². The Morgan fingerprint density at radius 3 is 2.15 bits per heavy atom. The topological polar surface area (TPSA) is 277 Å². The maximum absolute atomic E-state index is 13.3. The Hall–Kier alpha value is -6.57. The Morgan fingerprint density at radius 2 is 1.54 bits per heavy atom. The number of nitrogens with two attached hydrogens (primary N) is 1. The maximum atomic E-state index is 13.3. The van der Waals surface area contributed by atoms with Gasteiger partial charge in [0.25, 0.3) is 17.5 Å². The molecule has 1 aliphatic heterocycles. The van der Waals surface area contributed by atoms with E-state index in [2.05, 4.69) is 21.3 Å². The average Bonchev–Trinajstić information content (AvgIpc) is 3.45. The van der Waals surface area contributed by atoms with E-state index in [-0.39, 0.29) is 63.8 Å². The van der Waals surface area contributed by atoms with Crippen LogP contribution in [0.15, 0.2) is 60.7 Å². The summed E-state index contributed by atoms with van der Waals surface area (Å²) in [6.07, 6.45) is 0.691. The fraction of sp³-hybridized carbons (Fsp3) is 0.382. The lowest BCUT2D eigenvalue weighted by Crippen LogP contribution is -2.54.